The molecule has 0 radical (unpaired) electrons. The molecule has 104 valence electrons. The maximum Gasteiger partial charge on any atom is 0.251 e. The summed E-state index contributed by atoms with van der Waals surface area (Å²) in [5.74, 6) is 0.0561. The number of benzene rings is 1. The zero-order valence-electron chi connectivity index (χ0n) is 10.8. The summed E-state index contributed by atoms with van der Waals surface area (Å²) >= 11 is 3.22. The van der Waals surface area contributed by atoms with Crippen molar-refractivity contribution in [2.24, 2.45) is 0 Å². The number of hydrogen-bond acceptors (Lipinski definition) is 4. The van der Waals surface area contributed by atoms with Gasteiger partial charge in [0.25, 0.3) is 5.91 Å². The first kappa shape index (κ1) is 15.8. The predicted molar refractivity (Wildman–Crippen MR) is 81.3 cm³/mol. The molecular weight excluding hydrogens is 322 g/mol. The summed E-state index contributed by atoms with van der Waals surface area (Å²) in [5, 5.41) is 18.5. The molecule has 5 nitrogen and oxygen atoms in total. The van der Waals surface area contributed by atoms with E-state index < -0.39 is 0 Å². The molecule has 1 aromatic carbocycles. The third-order valence-electron chi connectivity index (χ3n) is 2.31. The number of carbonyl (C=O) groups is 1. The molecule has 0 aliphatic carbocycles. The van der Waals surface area contributed by atoms with Crippen LogP contribution >= 0.6 is 15.9 Å². The van der Waals surface area contributed by atoms with Crippen LogP contribution in [-0.4, -0.2) is 29.3 Å². The van der Waals surface area contributed by atoms with Crippen LogP contribution in [0.25, 0.3) is 0 Å². The molecule has 0 atom stereocenters. The average Bonchev–Trinajstić information content (AvgIpc) is 2.50. The van der Waals surface area contributed by atoms with Gasteiger partial charge in [0.05, 0.1) is 0 Å². The van der Waals surface area contributed by atoms with Crippen LogP contribution in [0.4, 0.5) is 0 Å². The van der Waals surface area contributed by atoms with Gasteiger partial charge in [-0.25, -0.2) is 0 Å². The number of aromatic hydroxyl groups is 1. The van der Waals surface area contributed by atoms with Crippen LogP contribution in [0, 0.1) is 5.41 Å². The molecule has 0 fully saturated rings. The van der Waals surface area contributed by atoms with Gasteiger partial charge in [0.15, 0.2) is 0 Å². The van der Waals surface area contributed by atoms with E-state index in [1.54, 1.807) is 49.8 Å². The van der Waals surface area contributed by atoms with Gasteiger partial charge in [-0.05, 0) is 30.3 Å². The molecule has 0 unspecified atom stereocenters. The van der Waals surface area contributed by atoms with E-state index in [1.807, 2.05) is 0 Å². The van der Waals surface area contributed by atoms with Gasteiger partial charge in [-0.15, -0.1) is 0 Å². The molecule has 1 amide bonds. The molecule has 0 saturated carbocycles. The lowest BCUT2D eigenvalue weighted by Crippen LogP contribution is -2.17. The summed E-state index contributed by atoms with van der Waals surface area (Å²) in [6.45, 7) is 0. The van der Waals surface area contributed by atoms with Crippen molar-refractivity contribution in [3.63, 3.8) is 0 Å². The Labute approximate surface area is 125 Å². The monoisotopic (exact) mass is 335 g/mol. The second kappa shape index (κ2) is 8.06. The van der Waals surface area contributed by atoms with E-state index >= 15 is 0 Å². The molecule has 0 spiro atoms. The minimum Gasteiger partial charge on any atom is -0.507 e. The van der Waals surface area contributed by atoms with Gasteiger partial charge >= 0.3 is 0 Å². The smallest absolute Gasteiger partial charge is 0.251 e. The second-order valence-electron chi connectivity index (χ2n) is 3.66. The Kier molecular flexibility index (Phi) is 6.39. The van der Waals surface area contributed by atoms with Crippen LogP contribution in [-0.2, 0) is 0 Å². The Morgan fingerprint density at radius 3 is 2.50 bits per heavy atom. The van der Waals surface area contributed by atoms with Crippen LogP contribution in [0.15, 0.2) is 47.2 Å². The fourth-order valence-corrected chi connectivity index (χ4v) is 1.67. The Balaban J connectivity index is 0.000000200. The van der Waals surface area contributed by atoms with Crippen LogP contribution in [0.2, 0.25) is 0 Å². The number of hydrogen-bond donors (Lipinski definition) is 3. The molecule has 0 bridgehead atoms. The maximum absolute atomic E-state index is 10.9. The zero-order chi connectivity index (χ0) is 15.0. The first-order valence-electron chi connectivity index (χ1n) is 5.69. The molecule has 0 aliphatic rings. The summed E-state index contributed by atoms with van der Waals surface area (Å²) in [7, 11) is 1.60. The number of amides is 1. The summed E-state index contributed by atoms with van der Waals surface area (Å²) in [6, 6.07) is 8.28. The standard InChI is InChI=1S/C7H6BrNO.C7H8N2O/c8-6-1-2-7(10)5(3-6)4-9;1-8-7(10)6-2-4-9-5-3-6/h1-4,9-10H;2-5H,1H3,(H,8,10). The van der Waals surface area contributed by atoms with Crippen molar-refractivity contribution in [2.45, 2.75) is 0 Å². The highest BCUT2D eigenvalue weighted by molar-refractivity contribution is 9.10. The van der Waals surface area contributed by atoms with Crippen molar-refractivity contribution in [2.75, 3.05) is 7.05 Å². The summed E-state index contributed by atoms with van der Waals surface area (Å²) in [4.78, 5) is 14.7. The Hall–Kier alpha value is -2.21. The molecule has 0 saturated heterocycles. The first-order valence-corrected chi connectivity index (χ1v) is 6.49. The number of nitrogens with one attached hydrogen (secondary N) is 2. The highest BCUT2D eigenvalue weighted by atomic mass is 79.9. The van der Waals surface area contributed by atoms with Gasteiger partial charge in [-0.2, -0.15) is 0 Å². The summed E-state index contributed by atoms with van der Waals surface area (Å²) in [6.07, 6.45) is 4.29. The number of halogens is 1. The van der Waals surface area contributed by atoms with E-state index in [0.29, 0.717) is 11.1 Å². The Morgan fingerprint density at radius 2 is 2.00 bits per heavy atom. The van der Waals surface area contributed by atoms with Crippen LogP contribution in [0.5, 0.6) is 5.75 Å². The van der Waals surface area contributed by atoms with Crippen molar-refractivity contribution < 1.29 is 9.90 Å². The summed E-state index contributed by atoms with van der Waals surface area (Å²) < 4.78 is 0.865. The first-order chi connectivity index (χ1) is 9.58. The Bertz CT molecular complexity index is 588. The topological polar surface area (TPSA) is 86.1 Å². The van der Waals surface area contributed by atoms with Gasteiger partial charge in [0, 0.05) is 41.3 Å². The number of aromatic nitrogens is 1. The van der Waals surface area contributed by atoms with Gasteiger partial charge in [0.1, 0.15) is 5.75 Å². The van der Waals surface area contributed by atoms with Crippen molar-refractivity contribution >= 4 is 28.1 Å². The fourth-order valence-electron chi connectivity index (χ4n) is 1.29. The lowest BCUT2D eigenvalue weighted by atomic mass is 10.2. The molecule has 1 heterocycles. The molecule has 2 rings (SSSR count). The van der Waals surface area contributed by atoms with Crippen molar-refractivity contribution in [1.29, 1.82) is 5.41 Å². The highest BCUT2D eigenvalue weighted by Crippen LogP contribution is 2.19. The molecular formula is C14H14BrN3O2. The minimum absolute atomic E-state index is 0.0811. The average molecular weight is 336 g/mol. The van der Waals surface area contributed by atoms with Crippen LogP contribution in [0.1, 0.15) is 15.9 Å². The van der Waals surface area contributed by atoms with Crippen LogP contribution in [0.3, 0.4) is 0 Å². The number of phenolic OH excluding ortho intramolecular Hbond substituents is 1. The van der Waals surface area contributed by atoms with E-state index in [2.05, 4.69) is 26.2 Å². The van der Waals surface area contributed by atoms with Crippen molar-refractivity contribution in [1.82, 2.24) is 10.3 Å². The van der Waals surface area contributed by atoms with Crippen LogP contribution < -0.4 is 5.32 Å². The van der Waals surface area contributed by atoms with Crippen molar-refractivity contribution in [3.05, 3.63) is 58.3 Å². The largest absolute Gasteiger partial charge is 0.507 e. The lowest BCUT2D eigenvalue weighted by molar-refractivity contribution is 0.0963. The zero-order valence-corrected chi connectivity index (χ0v) is 12.4. The van der Waals surface area contributed by atoms with Gasteiger partial charge < -0.3 is 15.8 Å². The summed E-state index contributed by atoms with van der Waals surface area (Å²) in [5.41, 5.74) is 1.16. The normalized spacial score (nSPS) is 9.10. The number of pyridine rings is 1. The lowest BCUT2D eigenvalue weighted by Gasteiger charge is -1.96. The molecule has 3 N–H and O–H groups in total. The highest BCUT2D eigenvalue weighted by Gasteiger charge is 1.98. The Morgan fingerprint density at radius 1 is 1.35 bits per heavy atom. The van der Waals surface area contributed by atoms with Gasteiger partial charge in [-0.1, -0.05) is 15.9 Å². The number of rotatable bonds is 2. The van der Waals surface area contributed by atoms with E-state index in [0.717, 1.165) is 10.7 Å². The molecule has 20 heavy (non-hydrogen) atoms. The third kappa shape index (κ3) is 4.81. The number of carbonyl (C=O) groups excluding carboxylic acids is 1. The second-order valence-corrected chi connectivity index (χ2v) is 4.58. The number of phenols is 1. The molecule has 1 aromatic heterocycles. The minimum atomic E-state index is -0.0811. The maximum atomic E-state index is 10.9. The number of nitrogens with zero attached hydrogens (tertiary/aromatic N) is 1. The van der Waals surface area contributed by atoms with E-state index in [4.69, 9.17) is 10.5 Å². The quantitative estimate of drug-likeness (QED) is 0.737. The van der Waals surface area contributed by atoms with Gasteiger partial charge in [-0.3, -0.25) is 9.78 Å². The third-order valence-corrected chi connectivity index (χ3v) is 2.81. The van der Waals surface area contributed by atoms with E-state index in [-0.39, 0.29) is 11.7 Å². The van der Waals surface area contributed by atoms with Gasteiger partial charge in [0.2, 0.25) is 0 Å². The predicted octanol–water partition coefficient (Wildman–Crippen LogP) is 2.59. The molecule has 0 aliphatic heterocycles. The van der Waals surface area contributed by atoms with E-state index in [9.17, 15) is 4.79 Å². The molecule has 6 heteroatoms. The SMILES string of the molecule is CNC(=O)c1ccncc1.N=Cc1cc(Br)ccc1O. The fraction of sp³-hybridized carbons (Fsp3) is 0.0714. The van der Waals surface area contributed by atoms with Crippen molar-refractivity contribution in [3.8, 4) is 5.75 Å². The van der Waals surface area contributed by atoms with E-state index in [1.165, 1.54) is 0 Å². The molecule has 2 aromatic rings.